The van der Waals surface area contributed by atoms with Gasteiger partial charge in [-0.1, -0.05) is 74.0 Å². The Hall–Kier alpha value is -3.88. The highest BCUT2D eigenvalue weighted by Gasteiger charge is 2.34. The number of halogens is 1. The number of amides is 2. The number of thiophene rings is 1. The molecule has 5 rings (SSSR count). The normalized spacial score (nSPS) is 13.8. The van der Waals surface area contributed by atoms with E-state index >= 15 is 0 Å². The molecule has 2 atom stereocenters. The lowest BCUT2D eigenvalue weighted by Crippen LogP contribution is -2.53. The average molecular weight is 605 g/mol. The lowest BCUT2D eigenvalue weighted by Gasteiger charge is -2.29. The van der Waals surface area contributed by atoms with Crippen molar-refractivity contribution in [2.75, 3.05) is 13.7 Å². The van der Waals surface area contributed by atoms with Gasteiger partial charge < -0.3 is 15.2 Å². The molecule has 1 aliphatic rings. The summed E-state index contributed by atoms with van der Waals surface area (Å²) in [6.07, 6.45) is -0.231. The van der Waals surface area contributed by atoms with E-state index in [2.05, 4.69) is 17.4 Å². The summed E-state index contributed by atoms with van der Waals surface area (Å²) in [5.41, 5.74) is 5.25. The van der Waals surface area contributed by atoms with Crippen molar-refractivity contribution in [1.29, 1.82) is 0 Å². The SMILES string of the molecule is CC(C)CC(NC(=O)C(Cc1csc2ccc(Cl)cc12)N(C)C(=O)OCC1c2ccccc2-c2ccccc21)C(=O)O. The quantitative estimate of drug-likeness (QED) is 0.204. The Labute approximate surface area is 254 Å². The van der Waals surface area contributed by atoms with Gasteiger partial charge in [-0.15, -0.1) is 11.3 Å². The van der Waals surface area contributed by atoms with Crippen LogP contribution in [0.4, 0.5) is 4.79 Å². The average Bonchev–Trinajstić information content (AvgIpc) is 3.51. The van der Waals surface area contributed by atoms with E-state index in [1.54, 1.807) is 6.07 Å². The summed E-state index contributed by atoms with van der Waals surface area (Å²) < 4.78 is 6.85. The van der Waals surface area contributed by atoms with Gasteiger partial charge in [0.2, 0.25) is 5.91 Å². The molecule has 0 radical (unpaired) electrons. The van der Waals surface area contributed by atoms with Gasteiger partial charge in [-0.2, -0.15) is 0 Å². The standard InChI is InChI=1S/C33H33ClN2O5S/c1-19(2)14-28(32(38)39)35-31(37)29(15-20-18-42-30-13-12-21(34)16-26(20)30)36(3)33(40)41-17-27-24-10-6-4-8-22(24)23-9-5-7-11-25(23)27/h4-13,16,18-19,27-29H,14-15,17H2,1-3H3,(H,35,37)(H,38,39). The van der Waals surface area contributed by atoms with Gasteiger partial charge in [0.1, 0.15) is 18.7 Å². The molecule has 0 aliphatic heterocycles. The number of carboxylic acid groups (broad SMARTS) is 1. The molecular weight excluding hydrogens is 572 g/mol. The number of likely N-dealkylation sites (N-methyl/N-ethyl adjacent to an activating group) is 1. The van der Waals surface area contributed by atoms with Gasteiger partial charge >= 0.3 is 12.1 Å². The second-order valence-electron chi connectivity index (χ2n) is 11.1. The first-order valence-corrected chi connectivity index (χ1v) is 15.2. The number of fused-ring (bicyclic) bond motifs is 4. The van der Waals surface area contributed by atoms with E-state index < -0.39 is 30.1 Å². The van der Waals surface area contributed by atoms with Crippen molar-refractivity contribution < 1.29 is 24.2 Å². The Balaban J connectivity index is 1.38. The third-order valence-electron chi connectivity index (χ3n) is 7.74. The zero-order valence-corrected chi connectivity index (χ0v) is 25.2. The Morgan fingerprint density at radius 3 is 2.29 bits per heavy atom. The van der Waals surface area contributed by atoms with Crippen molar-refractivity contribution in [2.45, 2.75) is 44.7 Å². The molecule has 3 aromatic carbocycles. The van der Waals surface area contributed by atoms with Gasteiger partial charge in [-0.3, -0.25) is 9.69 Å². The maximum absolute atomic E-state index is 13.7. The van der Waals surface area contributed by atoms with E-state index in [9.17, 15) is 19.5 Å². The number of carbonyl (C=O) groups excluding carboxylic acids is 2. The van der Waals surface area contributed by atoms with Crippen LogP contribution in [0.1, 0.15) is 42.9 Å². The summed E-state index contributed by atoms with van der Waals surface area (Å²) in [5, 5.41) is 15.8. The van der Waals surface area contributed by atoms with Crippen LogP contribution in [0.5, 0.6) is 0 Å². The van der Waals surface area contributed by atoms with Crippen LogP contribution in [0.15, 0.2) is 72.1 Å². The molecule has 9 heteroatoms. The van der Waals surface area contributed by atoms with Gasteiger partial charge in [0.25, 0.3) is 0 Å². The smallest absolute Gasteiger partial charge is 0.410 e. The van der Waals surface area contributed by atoms with Crippen LogP contribution >= 0.6 is 22.9 Å². The van der Waals surface area contributed by atoms with E-state index in [1.807, 2.05) is 67.8 Å². The third kappa shape index (κ3) is 6.15. The number of nitrogens with zero attached hydrogens (tertiary/aromatic N) is 1. The lowest BCUT2D eigenvalue weighted by atomic mass is 9.98. The van der Waals surface area contributed by atoms with Crippen molar-refractivity contribution in [3.05, 3.63) is 93.8 Å². The maximum Gasteiger partial charge on any atom is 0.410 e. The first kappa shape index (κ1) is 29.6. The number of hydrogen-bond donors (Lipinski definition) is 2. The van der Waals surface area contributed by atoms with Gasteiger partial charge in [-0.05, 0) is 69.1 Å². The number of carboxylic acids is 1. The molecule has 2 unspecified atom stereocenters. The Bertz CT molecular complexity index is 1590. The first-order valence-electron chi connectivity index (χ1n) is 13.9. The molecule has 0 saturated heterocycles. The Morgan fingerprint density at radius 2 is 1.67 bits per heavy atom. The number of benzene rings is 3. The molecule has 1 aromatic heterocycles. The minimum absolute atomic E-state index is 0.0488. The molecule has 0 spiro atoms. The number of rotatable bonds is 10. The summed E-state index contributed by atoms with van der Waals surface area (Å²) in [5.74, 6) is -1.76. The molecule has 2 N–H and O–H groups in total. The van der Waals surface area contributed by atoms with Crippen molar-refractivity contribution in [2.24, 2.45) is 5.92 Å². The molecule has 218 valence electrons. The van der Waals surface area contributed by atoms with Crippen LogP contribution in [-0.2, 0) is 20.7 Å². The lowest BCUT2D eigenvalue weighted by molar-refractivity contribution is -0.143. The number of nitrogens with one attached hydrogen (secondary N) is 1. The van der Waals surface area contributed by atoms with Crippen LogP contribution in [0.3, 0.4) is 0 Å². The predicted octanol–water partition coefficient (Wildman–Crippen LogP) is 6.96. The minimum atomic E-state index is -1.12. The second-order valence-corrected chi connectivity index (χ2v) is 12.4. The predicted molar refractivity (Wildman–Crippen MR) is 166 cm³/mol. The molecule has 42 heavy (non-hydrogen) atoms. The topological polar surface area (TPSA) is 95.9 Å². The van der Waals surface area contributed by atoms with Crippen molar-refractivity contribution in [3.8, 4) is 11.1 Å². The summed E-state index contributed by atoms with van der Waals surface area (Å²) >= 11 is 7.78. The van der Waals surface area contributed by atoms with Crippen LogP contribution < -0.4 is 5.32 Å². The highest BCUT2D eigenvalue weighted by atomic mass is 35.5. The molecule has 2 amide bonds. The number of hydrogen-bond acceptors (Lipinski definition) is 5. The zero-order valence-electron chi connectivity index (χ0n) is 23.7. The second kappa shape index (κ2) is 12.5. The van der Waals surface area contributed by atoms with E-state index in [1.165, 1.54) is 23.3 Å². The van der Waals surface area contributed by atoms with Gasteiger partial charge in [0, 0.05) is 29.1 Å². The molecule has 0 bridgehead atoms. The van der Waals surface area contributed by atoms with Gasteiger partial charge in [0.15, 0.2) is 0 Å². The molecule has 0 saturated carbocycles. The number of aliphatic carboxylic acids is 1. The Morgan fingerprint density at radius 1 is 1.02 bits per heavy atom. The third-order valence-corrected chi connectivity index (χ3v) is 8.99. The summed E-state index contributed by atoms with van der Waals surface area (Å²) in [6, 6.07) is 19.6. The fourth-order valence-electron chi connectivity index (χ4n) is 5.61. The Kier molecular flexibility index (Phi) is 8.85. The van der Waals surface area contributed by atoms with Gasteiger partial charge in [-0.25, -0.2) is 9.59 Å². The van der Waals surface area contributed by atoms with E-state index in [-0.39, 0.29) is 31.3 Å². The van der Waals surface area contributed by atoms with Crippen molar-refractivity contribution in [1.82, 2.24) is 10.2 Å². The van der Waals surface area contributed by atoms with Crippen LogP contribution in [-0.4, -0.2) is 53.7 Å². The molecular formula is C33H33ClN2O5S. The molecule has 4 aromatic rings. The van der Waals surface area contributed by atoms with Crippen molar-refractivity contribution >= 4 is 51.0 Å². The van der Waals surface area contributed by atoms with Crippen LogP contribution in [0.25, 0.3) is 21.2 Å². The molecule has 7 nitrogen and oxygen atoms in total. The number of ether oxygens (including phenoxy) is 1. The maximum atomic E-state index is 13.7. The van der Waals surface area contributed by atoms with E-state index in [0.29, 0.717) is 5.02 Å². The highest BCUT2D eigenvalue weighted by Crippen LogP contribution is 2.44. The van der Waals surface area contributed by atoms with Crippen LogP contribution in [0.2, 0.25) is 5.02 Å². The highest BCUT2D eigenvalue weighted by molar-refractivity contribution is 7.17. The molecule has 1 aliphatic carbocycles. The van der Waals surface area contributed by atoms with Crippen molar-refractivity contribution in [3.63, 3.8) is 0 Å². The summed E-state index contributed by atoms with van der Waals surface area (Å²) in [6.45, 7) is 3.89. The minimum Gasteiger partial charge on any atom is -0.480 e. The van der Waals surface area contributed by atoms with E-state index in [4.69, 9.17) is 16.3 Å². The first-order chi connectivity index (χ1) is 20.1. The fraction of sp³-hybridized carbons (Fsp3) is 0.303. The van der Waals surface area contributed by atoms with Gasteiger partial charge in [0.05, 0.1) is 0 Å². The molecule has 1 heterocycles. The summed E-state index contributed by atoms with van der Waals surface area (Å²) in [7, 11) is 1.52. The largest absolute Gasteiger partial charge is 0.480 e. The zero-order chi connectivity index (χ0) is 30.0. The van der Waals surface area contributed by atoms with Crippen LogP contribution in [0, 0.1) is 5.92 Å². The van der Waals surface area contributed by atoms with E-state index in [0.717, 1.165) is 37.9 Å². The molecule has 0 fully saturated rings. The monoisotopic (exact) mass is 604 g/mol. The fourth-order valence-corrected chi connectivity index (χ4v) is 6.74. The number of carbonyl (C=O) groups is 3. The summed E-state index contributed by atoms with van der Waals surface area (Å²) in [4.78, 5) is 40.4.